The topological polar surface area (TPSA) is 82.2 Å². The van der Waals surface area contributed by atoms with E-state index in [-0.39, 0.29) is 17.7 Å². The summed E-state index contributed by atoms with van der Waals surface area (Å²) in [6, 6.07) is 3.20. The minimum Gasteiger partial charge on any atom is -0.292 e. The van der Waals surface area contributed by atoms with Crippen LogP contribution in [0.3, 0.4) is 0 Å². The third kappa shape index (κ3) is 2.06. The van der Waals surface area contributed by atoms with Crippen LogP contribution >= 0.6 is 22.7 Å². The molecule has 4 rings (SSSR count). The zero-order chi connectivity index (χ0) is 15.3. The van der Waals surface area contributed by atoms with Crippen LogP contribution in [-0.4, -0.2) is 24.1 Å². The van der Waals surface area contributed by atoms with Gasteiger partial charge in [0.15, 0.2) is 0 Å². The minimum atomic E-state index is -0.219. The second kappa shape index (κ2) is 4.82. The number of hydrogen-bond donors (Lipinski definition) is 0. The van der Waals surface area contributed by atoms with E-state index in [4.69, 9.17) is 0 Å². The lowest BCUT2D eigenvalue weighted by molar-refractivity contribution is 0.722. The van der Waals surface area contributed by atoms with Crippen molar-refractivity contribution < 1.29 is 0 Å². The van der Waals surface area contributed by atoms with Crippen molar-refractivity contribution >= 4 is 37.9 Å². The fourth-order valence-electron chi connectivity index (χ4n) is 2.18. The first-order valence-corrected chi connectivity index (χ1v) is 8.10. The first-order chi connectivity index (χ1) is 10.6. The Kier molecular flexibility index (Phi) is 2.91. The third-order valence-electron chi connectivity index (χ3n) is 3.17. The van der Waals surface area contributed by atoms with Gasteiger partial charge in [-0.2, -0.15) is 9.61 Å². The summed E-state index contributed by atoms with van der Waals surface area (Å²) in [6.45, 7) is 2.03. The molecule has 4 aromatic heterocycles. The summed E-state index contributed by atoms with van der Waals surface area (Å²) >= 11 is 2.72. The molecule has 0 aliphatic carbocycles. The molecule has 110 valence electrons. The maximum atomic E-state index is 12.4. The summed E-state index contributed by atoms with van der Waals surface area (Å²) in [7, 11) is 0. The molecule has 0 amide bonds. The van der Waals surface area contributed by atoms with Gasteiger partial charge in [0.2, 0.25) is 4.96 Å². The van der Waals surface area contributed by atoms with E-state index in [0.29, 0.717) is 21.0 Å². The fourth-order valence-corrected chi connectivity index (χ4v) is 3.84. The van der Waals surface area contributed by atoms with E-state index >= 15 is 0 Å². The molecule has 22 heavy (non-hydrogen) atoms. The lowest BCUT2D eigenvalue weighted by atomic mass is 10.4. The highest BCUT2D eigenvalue weighted by atomic mass is 32.1. The summed E-state index contributed by atoms with van der Waals surface area (Å²) < 4.78 is 2.75. The van der Waals surface area contributed by atoms with Crippen molar-refractivity contribution in [3.63, 3.8) is 0 Å². The van der Waals surface area contributed by atoms with Crippen LogP contribution in [-0.2, 0) is 6.54 Å². The zero-order valence-electron chi connectivity index (χ0n) is 11.4. The van der Waals surface area contributed by atoms with Crippen LogP contribution < -0.4 is 11.1 Å². The lowest BCUT2D eigenvalue weighted by Crippen LogP contribution is -2.21. The Morgan fingerprint density at radius 3 is 3.05 bits per heavy atom. The molecule has 0 aromatic carbocycles. The molecule has 0 saturated heterocycles. The van der Waals surface area contributed by atoms with Crippen molar-refractivity contribution in [1.29, 1.82) is 0 Å². The van der Waals surface area contributed by atoms with Crippen molar-refractivity contribution in [3.8, 4) is 0 Å². The summed E-state index contributed by atoms with van der Waals surface area (Å²) in [4.78, 5) is 34.0. The standard InChI is InChI=1S/C13H9N5O2S2/c1-7-4-10(19)18-13(15-7)22-9(16-18)5-17-6-14-11-8(12(17)20)2-3-21-11/h2-4,6H,5H2,1H3. The van der Waals surface area contributed by atoms with E-state index in [0.717, 1.165) is 4.83 Å². The predicted molar refractivity (Wildman–Crippen MR) is 84.9 cm³/mol. The van der Waals surface area contributed by atoms with Gasteiger partial charge in [-0.25, -0.2) is 9.97 Å². The molecule has 4 heterocycles. The molecule has 0 spiro atoms. The van der Waals surface area contributed by atoms with Crippen molar-refractivity contribution in [2.75, 3.05) is 0 Å². The Bertz CT molecular complexity index is 1120. The molecule has 0 N–H and O–H groups in total. The molecule has 0 radical (unpaired) electrons. The zero-order valence-corrected chi connectivity index (χ0v) is 13.0. The number of thiophene rings is 1. The maximum absolute atomic E-state index is 12.4. The molecule has 9 heteroatoms. The van der Waals surface area contributed by atoms with Crippen molar-refractivity contribution in [3.05, 3.63) is 55.2 Å². The molecule has 0 aliphatic heterocycles. The number of aryl methyl sites for hydroxylation is 1. The summed E-state index contributed by atoms with van der Waals surface area (Å²) in [5.74, 6) is 0. The van der Waals surface area contributed by atoms with E-state index < -0.39 is 0 Å². The number of fused-ring (bicyclic) bond motifs is 2. The highest BCUT2D eigenvalue weighted by Crippen LogP contribution is 2.15. The Morgan fingerprint density at radius 2 is 2.18 bits per heavy atom. The third-order valence-corrected chi connectivity index (χ3v) is 4.88. The van der Waals surface area contributed by atoms with Gasteiger partial charge < -0.3 is 0 Å². The lowest BCUT2D eigenvalue weighted by Gasteiger charge is -2.01. The van der Waals surface area contributed by atoms with Crippen LogP contribution in [0.25, 0.3) is 15.2 Å². The summed E-state index contributed by atoms with van der Waals surface area (Å²) in [5.41, 5.74) is 0.324. The van der Waals surface area contributed by atoms with Gasteiger partial charge in [0.1, 0.15) is 9.84 Å². The molecule has 4 aromatic rings. The predicted octanol–water partition coefficient (Wildman–Crippen LogP) is 1.28. The van der Waals surface area contributed by atoms with Crippen LogP contribution in [0.4, 0.5) is 0 Å². The van der Waals surface area contributed by atoms with Gasteiger partial charge in [-0.1, -0.05) is 11.3 Å². The summed E-state index contributed by atoms with van der Waals surface area (Å²) in [5, 5.41) is 7.30. The quantitative estimate of drug-likeness (QED) is 0.552. The first-order valence-electron chi connectivity index (χ1n) is 6.41. The van der Waals surface area contributed by atoms with Crippen molar-refractivity contribution in [1.82, 2.24) is 24.1 Å². The van der Waals surface area contributed by atoms with Crippen LogP contribution in [0, 0.1) is 6.92 Å². The number of hydrogen-bond acceptors (Lipinski definition) is 7. The Balaban J connectivity index is 1.82. The van der Waals surface area contributed by atoms with Gasteiger partial charge in [-0.3, -0.25) is 14.2 Å². The molecule has 7 nitrogen and oxygen atoms in total. The largest absolute Gasteiger partial charge is 0.292 e. The van der Waals surface area contributed by atoms with Gasteiger partial charge in [0.05, 0.1) is 18.3 Å². The molecule has 0 bridgehead atoms. The molecule has 0 atom stereocenters. The average Bonchev–Trinajstić information content (AvgIpc) is 3.08. The van der Waals surface area contributed by atoms with Crippen LogP contribution in [0.15, 0.2) is 33.4 Å². The van der Waals surface area contributed by atoms with Gasteiger partial charge in [0, 0.05) is 11.8 Å². The van der Waals surface area contributed by atoms with Crippen LogP contribution in [0.2, 0.25) is 0 Å². The highest BCUT2D eigenvalue weighted by molar-refractivity contribution is 7.17. The smallest absolute Gasteiger partial charge is 0.275 e. The normalized spacial score (nSPS) is 11.5. The molecule has 0 fully saturated rings. The fraction of sp³-hybridized carbons (Fsp3) is 0.154. The molecule has 0 unspecified atom stereocenters. The molecular formula is C13H9N5O2S2. The van der Waals surface area contributed by atoms with Crippen molar-refractivity contribution in [2.24, 2.45) is 0 Å². The first kappa shape index (κ1) is 13.3. The Labute approximate surface area is 131 Å². The van der Waals surface area contributed by atoms with Crippen LogP contribution in [0.1, 0.15) is 10.7 Å². The maximum Gasteiger partial charge on any atom is 0.275 e. The molecular weight excluding hydrogens is 322 g/mol. The monoisotopic (exact) mass is 331 g/mol. The van der Waals surface area contributed by atoms with E-state index in [1.165, 1.54) is 44.1 Å². The average molecular weight is 331 g/mol. The number of nitrogens with zero attached hydrogens (tertiary/aromatic N) is 5. The second-order valence-electron chi connectivity index (χ2n) is 4.74. The SMILES string of the molecule is Cc1cc(=O)n2nc(Cn3cnc4sccc4c3=O)sc2n1. The van der Waals surface area contributed by atoms with Crippen LogP contribution in [0.5, 0.6) is 0 Å². The van der Waals surface area contributed by atoms with Gasteiger partial charge >= 0.3 is 0 Å². The highest BCUT2D eigenvalue weighted by Gasteiger charge is 2.10. The molecule has 0 saturated carbocycles. The van der Waals surface area contributed by atoms with E-state index in [1.54, 1.807) is 13.0 Å². The van der Waals surface area contributed by atoms with Gasteiger partial charge in [-0.05, 0) is 18.4 Å². The van der Waals surface area contributed by atoms with E-state index in [9.17, 15) is 9.59 Å². The Hall–Kier alpha value is -2.39. The second-order valence-corrected chi connectivity index (χ2v) is 6.68. The molecule has 0 aliphatic rings. The van der Waals surface area contributed by atoms with E-state index in [1.807, 2.05) is 5.38 Å². The van der Waals surface area contributed by atoms with Crippen molar-refractivity contribution in [2.45, 2.75) is 13.5 Å². The Morgan fingerprint density at radius 1 is 1.32 bits per heavy atom. The van der Waals surface area contributed by atoms with Gasteiger partial charge in [-0.15, -0.1) is 11.3 Å². The van der Waals surface area contributed by atoms with E-state index in [2.05, 4.69) is 15.1 Å². The number of aromatic nitrogens is 5. The van der Waals surface area contributed by atoms with Gasteiger partial charge in [0.25, 0.3) is 11.1 Å². The minimum absolute atomic E-state index is 0.109. The summed E-state index contributed by atoms with van der Waals surface area (Å²) in [6.07, 6.45) is 1.51. The number of rotatable bonds is 2.